The molecular formula is C25H29N2+. The number of aryl methyl sites for hydroxylation is 3. The van der Waals surface area contributed by atoms with Gasteiger partial charge in [-0.2, -0.15) is 0 Å². The van der Waals surface area contributed by atoms with Crippen molar-refractivity contribution < 1.29 is 7.31 Å². The smallest absolute Gasteiger partial charge is 0.213 e. The molecule has 2 heterocycles. The zero-order valence-electron chi connectivity index (χ0n) is 19.1. The van der Waals surface area contributed by atoms with Crippen LogP contribution < -0.4 is 4.57 Å². The summed E-state index contributed by atoms with van der Waals surface area (Å²) in [5.74, 6) is 0. The highest BCUT2D eigenvalue weighted by molar-refractivity contribution is 5.84. The maximum absolute atomic E-state index is 8.73. The number of benzene rings is 1. The second kappa shape index (κ2) is 6.30. The molecule has 3 aromatic rings. The Morgan fingerprint density at radius 3 is 2.56 bits per heavy atom. The summed E-state index contributed by atoms with van der Waals surface area (Å²) < 4.78 is 19.6. The van der Waals surface area contributed by atoms with E-state index >= 15 is 0 Å². The van der Waals surface area contributed by atoms with Crippen molar-refractivity contribution in [3.63, 3.8) is 0 Å². The third-order valence-corrected chi connectivity index (χ3v) is 5.19. The summed E-state index contributed by atoms with van der Waals surface area (Å²) in [4.78, 5) is 4.78. The Bertz CT molecular complexity index is 1120. The molecule has 1 aromatic carbocycles. The Kier molecular flexibility index (Phi) is 3.63. The lowest BCUT2D eigenvalue weighted by atomic mass is 9.87. The number of pyridine rings is 2. The molecule has 4 rings (SSSR count). The fourth-order valence-electron chi connectivity index (χ4n) is 4.04. The average Bonchev–Trinajstić information content (AvgIpc) is 2.98. The number of fused-ring (bicyclic) bond motifs is 3. The van der Waals surface area contributed by atoms with Gasteiger partial charge in [-0.15, -0.1) is 0 Å². The molecule has 138 valence electrons. The molecule has 2 heteroatoms. The van der Waals surface area contributed by atoms with E-state index < -0.39 is 11.8 Å². The van der Waals surface area contributed by atoms with E-state index in [0.29, 0.717) is 0 Å². The van der Waals surface area contributed by atoms with E-state index in [0.717, 1.165) is 29.1 Å². The van der Waals surface area contributed by atoms with Crippen LogP contribution in [-0.4, -0.2) is 4.98 Å². The maximum atomic E-state index is 8.73. The van der Waals surface area contributed by atoms with Crippen LogP contribution in [-0.2, 0) is 19.8 Å². The highest BCUT2D eigenvalue weighted by atomic mass is 14.9. The number of aromatic nitrogens is 2. The minimum absolute atomic E-state index is 0.491. The van der Waals surface area contributed by atoms with Crippen molar-refractivity contribution in [3.8, 4) is 22.4 Å². The van der Waals surface area contributed by atoms with E-state index in [4.69, 9.17) is 7.73 Å². The number of hydrogen-bond donors (Lipinski definition) is 0. The van der Waals surface area contributed by atoms with E-state index in [1.807, 2.05) is 53.1 Å². The standard InChI is InChI=1S/C25H29N2/c1-16-7-9-19-20-10-8-17(2)26-22(20)14-21(19)24(16)23-13-18(11-12-27(23)6)15-25(3,4)5/h7-13H,14-15H2,1-6H3/q+1/i15D2. The highest BCUT2D eigenvalue weighted by Gasteiger charge is 2.27. The summed E-state index contributed by atoms with van der Waals surface area (Å²) in [7, 11) is 2.04. The number of rotatable bonds is 2. The van der Waals surface area contributed by atoms with Crippen LogP contribution in [0.25, 0.3) is 22.4 Å². The molecule has 0 atom stereocenters. The van der Waals surface area contributed by atoms with Crippen molar-refractivity contribution in [2.75, 3.05) is 0 Å². The first-order valence-corrected chi connectivity index (χ1v) is 9.60. The van der Waals surface area contributed by atoms with Gasteiger partial charge in [0.15, 0.2) is 6.20 Å². The van der Waals surface area contributed by atoms with Gasteiger partial charge in [0.2, 0.25) is 5.69 Å². The summed E-state index contributed by atoms with van der Waals surface area (Å²) >= 11 is 0. The SMILES string of the molecule is [2H]C([2H])(c1cc[n+](C)c(-c2c(C)ccc3c2Cc2nc(C)ccc2-3)c1)C(C)(C)C. The first-order chi connectivity index (χ1) is 13.5. The average molecular weight is 360 g/mol. The molecule has 0 bridgehead atoms. The quantitative estimate of drug-likeness (QED) is 0.441. The minimum atomic E-state index is -1.43. The molecule has 0 saturated carbocycles. The highest BCUT2D eigenvalue weighted by Crippen LogP contribution is 2.42. The Hall–Kier alpha value is -2.48. The summed E-state index contributed by atoms with van der Waals surface area (Å²) in [6.45, 7) is 10.0. The molecule has 0 saturated heterocycles. The van der Waals surface area contributed by atoms with Gasteiger partial charge < -0.3 is 0 Å². The monoisotopic (exact) mass is 359 g/mol. The molecule has 0 aliphatic heterocycles. The molecule has 0 unspecified atom stereocenters. The van der Waals surface area contributed by atoms with Crippen LogP contribution in [0.4, 0.5) is 0 Å². The lowest BCUT2D eigenvalue weighted by molar-refractivity contribution is -0.660. The molecule has 0 spiro atoms. The van der Waals surface area contributed by atoms with Crippen LogP contribution in [0, 0.1) is 19.3 Å². The zero-order chi connectivity index (χ0) is 21.1. The van der Waals surface area contributed by atoms with Crippen LogP contribution in [0.15, 0.2) is 42.6 Å². The molecule has 2 nitrogen and oxygen atoms in total. The van der Waals surface area contributed by atoms with Crippen molar-refractivity contribution in [1.29, 1.82) is 0 Å². The molecule has 27 heavy (non-hydrogen) atoms. The Balaban J connectivity index is 1.93. The lowest BCUT2D eigenvalue weighted by Gasteiger charge is -2.18. The topological polar surface area (TPSA) is 16.8 Å². The normalized spacial score (nSPS) is 14.4. The summed E-state index contributed by atoms with van der Waals surface area (Å²) in [6, 6.07) is 12.6. The van der Waals surface area contributed by atoms with Gasteiger partial charge in [0, 0.05) is 32.6 Å². The molecular weight excluding hydrogens is 328 g/mol. The second-order valence-corrected chi connectivity index (χ2v) is 8.69. The summed E-state index contributed by atoms with van der Waals surface area (Å²) in [5.41, 5.74) is 9.63. The van der Waals surface area contributed by atoms with Crippen LogP contribution in [0.1, 0.15) is 51.6 Å². The van der Waals surface area contributed by atoms with Crippen molar-refractivity contribution >= 4 is 0 Å². The predicted octanol–water partition coefficient (Wildman–Crippen LogP) is 5.35. The largest absolute Gasteiger partial charge is 0.257 e. The fourth-order valence-corrected chi connectivity index (χ4v) is 4.04. The Morgan fingerprint density at radius 2 is 1.81 bits per heavy atom. The van der Waals surface area contributed by atoms with E-state index in [1.54, 1.807) is 0 Å². The molecule has 2 aromatic heterocycles. The van der Waals surface area contributed by atoms with Gasteiger partial charge in [-0.05, 0) is 54.0 Å². The first-order valence-electron chi connectivity index (χ1n) is 10.6. The molecule has 0 N–H and O–H groups in total. The molecule has 1 aliphatic rings. The second-order valence-electron chi connectivity index (χ2n) is 8.69. The van der Waals surface area contributed by atoms with Gasteiger partial charge in [0.25, 0.3) is 0 Å². The number of nitrogens with zero attached hydrogens (tertiary/aromatic N) is 2. The maximum Gasteiger partial charge on any atom is 0.213 e. The van der Waals surface area contributed by atoms with E-state index in [-0.39, 0.29) is 0 Å². The molecule has 1 aliphatic carbocycles. The van der Waals surface area contributed by atoms with E-state index in [2.05, 4.69) is 35.8 Å². The summed E-state index contributed by atoms with van der Waals surface area (Å²) in [6.07, 6.45) is 1.38. The predicted molar refractivity (Wildman–Crippen MR) is 112 cm³/mol. The van der Waals surface area contributed by atoms with Gasteiger partial charge in [-0.25, -0.2) is 4.57 Å². The van der Waals surface area contributed by atoms with Crippen LogP contribution >= 0.6 is 0 Å². The Morgan fingerprint density at radius 1 is 1.07 bits per heavy atom. The summed E-state index contributed by atoms with van der Waals surface area (Å²) in [5, 5.41) is 0. The van der Waals surface area contributed by atoms with Gasteiger partial charge >= 0.3 is 0 Å². The minimum Gasteiger partial charge on any atom is -0.257 e. The van der Waals surface area contributed by atoms with Crippen LogP contribution in [0.3, 0.4) is 0 Å². The van der Waals surface area contributed by atoms with Crippen molar-refractivity contribution in [2.24, 2.45) is 12.5 Å². The lowest BCUT2D eigenvalue weighted by Crippen LogP contribution is -2.31. The number of hydrogen-bond acceptors (Lipinski definition) is 1. The van der Waals surface area contributed by atoms with Crippen molar-refractivity contribution in [1.82, 2.24) is 4.98 Å². The molecule has 0 amide bonds. The molecule has 0 radical (unpaired) electrons. The third-order valence-electron chi connectivity index (χ3n) is 5.19. The van der Waals surface area contributed by atoms with Crippen LogP contribution in [0.5, 0.6) is 0 Å². The Labute approximate surface area is 165 Å². The van der Waals surface area contributed by atoms with Gasteiger partial charge in [-0.3, -0.25) is 4.98 Å². The van der Waals surface area contributed by atoms with Crippen molar-refractivity contribution in [3.05, 3.63) is 70.7 Å². The fraction of sp³-hybridized carbons (Fsp3) is 0.360. The van der Waals surface area contributed by atoms with Crippen LogP contribution in [0.2, 0.25) is 0 Å². The van der Waals surface area contributed by atoms with Gasteiger partial charge in [0.1, 0.15) is 7.05 Å². The van der Waals surface area contributed by atoms with E-state index in [9.17, 15) is 0 Å². The third kappa shape index (κ3) is 3.29. The van der Waals surface area contributed by atoms with Crippen molar-refractivity contribution in [2.45, 2.75) is 47.4 Å². The van der Waals surface area contributed by atoms with Gasteiger partial charge in [0.05, 0.1) is 11.3 Å². The molecule has 0 fully saturated rings. The first kappa shape index (κ1) is 15.6. The van der Waals surface area contributed by atoms with E-state index in [1.165, 1.54) is 27.8 Å². The zero-order valence-corrected chi connectivity index (χ0v) is 17.1. The van der Waals surface area contributed by atoms with Gasteiger partial charge in [-0.1, -0.05) is 39.0 Å².